The monoisotopic (exact) mass is 307 g/mol. The molecule has 1 saturated carbocycles. The van der Waals surface area contributed by atoms with Crippen LogP contribution in [0.15, 0.2) is 18.5 Å². The molecular formula is C18H21N5. The quantitative estimate of drug-likeness (QED) is 0.732. The number of H-pyrrole nitrogens is 1. The summed E-state index contributed by atoms with van der Waals surface area (Å²) in [4.78, 5) is 12.4. The van der Waals surface area contributed by atoms with Gasteiger partial charge in [-0.25, -0.2) is 9.97 Å². The fraction of sp³-hybridized carbons (Fsp3) is 0.500. The molecule has 2 unspecified atom stereocenters. The molecule has 3 aromatic heterocycles. The van der Waals surface area contributed by atoms with Crippen LogP contribution in [-0.2, 0) is 0 Å². The number of rotatable bonds is 4. The van der Waals surface area contributed by atoms with Crippen molar-refractivity contribution in [3.63, 3.8) is 0 Å². The van der Waals surface area contributed by atoms with E-state index < -0.39 is 0 Å². The second-order valence-electron chi connectivity index (χ2n) is 6.64. The van der Waals surface area contributed by atoms with Gasteiger partial charge in [0.25, 0.3) is 0 Å². The molecule has 3 heterocycles. The summed E-state index contributed by atoms with van der Waals surface area (Å²) < 4.78 is 2.43. The van der Waals surface area contributed by atoms with E-state index in [1.54, 1.807) is 0 Å². The number of imidazole rings is 1. The van der Waals surface area contributed by atoms with Gasteiger partial charge >= 0.3 is 0 Å². The molecule has 5 heteroatoms. The second kappa shape index (κ2) is 5.69. The number of fused-ring (bicyclic) bond motifs is 3. The van der Waals surface area contributed by atoms with Crippen LogP contribution in [0.2, 0.25) is 0 Å². The van der Waals surface area contributed by atoms with Crippen LogP contribution in [0.4, 0.5) is 0 Å². The number of aryl methyl sites for hydroxylation is 1. The van der Waals surface area contributed by atoms with E-state index in [4.69, 9.17) is 10.2 Å². The van der Waals surface area contributed by atoms with Crippen molar-refractivity contribution in [1.82, 2.24) is 19.5 Å². The molecule has 0 amide bonds. The van der Waals surface area contributed by atoms with E-state index in [2.05, 4.69) is 33.6 Å². The van der Waals surface area contributed by atoms with Gasteiger partial charge in [-0.2, -0.15) is 5.26 Å². The summed E-state index contributed by atoms with van der Waals surface area (Å²) in [5.41, 5.74) is 3.14. The molecular weight excluding hydrogens is 286 g/mol. The SMILES string of the molecule is Cc1nc2cnc3[nH]ccc3c2n1C1CCC(CCCC#N)C1. The minimum Gasteiger partial charge on any atom is -0.346 e. The van der Waals surface area contributed by atoms with E-state index in [0.29, 0.717) is 12.5 Å². The maximum Gasteiger partial charge on any atom is 0.139 e. The fourth-order valence-electron chi connectivity index (χ4n) is 4.17. The second-order valence-corrected chi connectivity index (χ2v) is 6.64. The zero-order chi connectivity index (χ0) is 15.8. The summed E-state index contributed by atoms with van der Waals surface area (Å²) in [5, 5.41) is 9.87. The van der Waals surface area contributed by atoms with Crippen molar-refractivity contribution >= 4 is 22.1 Å². The van der Waals surface area contributed by atoms with E-state index in [0.717, 1.165) is 34.7 Å². The summed E-state index contributed by atoms with van der Waals surface area (Å²) >= 11 is 0. The van der Waals surface area contributed by atoms with Crippen molar-refractivity contribution in [2.45, 2.75) is 51.5 Å². The lowest BCUT2D eigenvalue weighted by Gasteiger charge is -2.16. The molecule has 4 rings (SSSR count). The van der Waals surface area contributed by atoms with Crippen molar-refractivity contribution in [2.24, 2.45) is 5.92 Å². The summed E-state index contributed by atoms with van der Waals surface area (Å²) in [6.45, 7) is 2.10. The molecule has 0 aromatic carbocycles. The highest BCUT2D eigenvalue weighted by Crippen LogP contribution is 2.40. The molecule has 2 atom stereocenters. The number of nitriles is 1. The van der Waals surface area contributed by atoms with Gasteiger partial charge in [0.15, 0.2) is 0 Å². The van der Waals surface area contributed by atoms with Crippen LogP contribution in [0, 0.1) is 24.2 Å². The molecule has 0 radical (unpaired) electrons. The first kappa shape index (κ1) is 14.3. The standard InChI is InChI=1S/C18H21N5/c1-12-22-16-11-21-18-15(7-9-20-18)17(16)23(12)14-6-5-13(10-14)4-2-3-8-19/h7,9,11,13-14H,2-6,10H2,1H3,(H,20,21). The van der Waals surface area contributed by atoms with E-state index in [1.807, 2.05) is 12.4 Å². The number of aromatic nitrogens is 4. The Kier molecular flexibility index (Phi) is 3.53. The van der Waals surface area contributed by atoms with Crippen LogP contribution >= 0.6 is 0 Å². The van der Waals surface area contributed by atoms with Crippen LogP contribution in [-0.4, -0.2) is 19.5 Å². The summed E-state index contributed by atoms with van der Waals surface area (Å²) in [7, 11) is 0. The maximum atomic E-state index is 8.71. The lowest BCUT2D eigenvalue weighted by Crippen LogP contribution is -2.08. The molecule has 23 heavy (non-hydrogen) atoms. The highest BCUT2D eigenvalue weighted by atomic mass is 15.1. The Hall–Kier alpha value is -2.35. The highest BCUT2D eigenvalue weighted by Gasteiger charge is 2.28. The third-order valence-corrected chi connectivity index (χ3v) is 5.19. The van der Waals surface area contributed by atoms with Gasteiger partial charge in [0.05, 0.1) is 17.8 Å². The molecule has 1 N–H and O–H groups in total. The number of pyridine rings is 1. The highest BCUT2D eigenvalue weighted by molar-refractivity contribution is 6.01. The number of nitrogens with zero attached hydrogens (tertiary/aromatic N) is 4. The van der Waals surface area contributed by atoms with Gasteiger partial charge in [-0.05, 0) is 51.0 Å². The van der Waals surface area contributed by atoms with Gasteiger partial charge in [-0.3, -0.25) is 0 Å². The average Bonchev–Trinajstić information content (AvgIpc) is 3.23. The molecule has 0 saturated heterocycles. The van der Waals surface area contributed by atoms with Crippen LogP contribution < -0.4 is 0 Å². The Morgan fingerprint density at radius 2 is 2.35 bits per heavy atom. The maximum absolute atomic E-state index is 8.71. The number of unbranched alkanes of at least 4 members (excludes halogenated alkanes) is 1. The largest absolute Gasteiger partial charge is 0.346 e. The first-order chi connectivity index (χ1) is 11.3. The Balaban J connectivity index is 1.68. The van der Waals surface area contributed by atoms with Gasteiger partial charge in [0.1, 0.15) is 17.0 Å². The predicted molar refractivity (Wildman–Crippen MR) is 90.0 cm³/mol. The van der Waals surface area contributed by atoms with Crippen LogP contribution in [0.3, 0.4) is 0 Å². The molecule has 0 spiro atoms. The number of hydrogen-bond donors (Lipinski definition) is 1. The molecule has 1 aliphatic rings. The van der Waals surface area contributed by atoms with Crippen molar-refractivity contribution in [3.05, 3.63) is 24.3 Å². The topological polar surface area (TPSA) is 70.3 Å². The Morgan fingerprint density at radius 1 is 1.43 bits per heavy atom. The van der Waals surface area contributed by atoms with Gasteiger partial charge in [0.2, 0.25) is 0 Å². The number of aromatic amines is 1. The molecule has 3 aromatic rings. The average molecular weight is 307 g/mol. The van der Waals surface area contributed by atoms with Crippen LogP contribution in [0.1, 0.15) is 50.4 Å². The van der Waals surface area contributed by atoms with E-state index >= 15 is 0 Å². The van der Waals surface area contributed by atoms with Gasteiger partial charge < -0.3 is 9.55 Å². The molecule has 0 bridgehead atoms. The molecule has 118 valence electrons. The van der Waals surface area contributed by atoms with Crippen molar-refractivity contribution < 1.29 is 0 Å². The third-order valence-electron chi connectivity index (χ3n) is 5.19. The van der Waals surface area contributed by atoms with Crippen LogP contribution in [0.5, 0.6) is 0 Å². The zero-order valence-corrected chi connectivity index (χ0v) is 13.4. The normalized spacial score (nSPS) is 21.2. The molecule has 0 aliphatic heterocycles. The Bertz CT molecular complexity index is 882. The third kappa shape index (κ3) is 2.39. The first-order valence-electron chi connectivity index (χ1n) is 8.45. The Labute approximate surface area is 135 Å². The Morgan fingerprint density at radius 3 is 3.22 bits per heavy atom. The van der Waals surface area contributed by atoms with Crippen molar-refractivity contribution in [1.29, 1.82) is 5.26 Å². The van der Waals surface area contributed by atoms with Gasteiger partial charge in [-0.15, -0.1) is 0 Å². The van der Waals surface area contributed by atoms with Gasteiger partial charge in [-0.1, -0.05) is 0 Å². The molecule has 1 aliphatic carbocycles. The summed E-state index contributed by atoms with van der Waals surface area (Å²) in [6.07, 6.45) is 10.4. The minimum atomic E-state index is 0.521. The fourth-order valence-corrected chi connectivity index (χ4v) is 4.17. The smallest absolute Gasteiger partial charge is 0.139 e. The van der Waals surface area contributed by atoms with Crippen LogP contribution in [0.25, 0.3) is 22.1 Å². The lowest BCUT2D eigenvalue weighted by atomic mass is 10.0. The minimum absolute atomic E-state index is 0.521. The zero-order valence-electron chi connectivity index (χ0n) is 13.4. The van der Waals surface area contributed by atoms with E-state index in [9.17, 15) is 0 Å². The van der Waals surface area contributed by atoms with Gasteiger partial charge in [0, 0.05) is 24.0 Å². The number of nitrogens with one attached hydrogen (secondary N) is 1. The van der Waals surface area contributed by atoms with Crippen molar-refractivity contribution in [3.8, 4) is 6.07 Å². The van der Waals surface area contributed by atoms with E-state index in [1.165, 1.54) is 31.2 Å². The first-order valence-corrected chi connectivity index (χ1v) is 8.45. The molecule has 5 nitrogen and oxygen atoms in total. The lowest BCUT2D eigenvalue weighted by molar-refractivity contribution is 0.448. The summed E-state index contributed by atoms with van der Waals surface area (Å²) in [6, 6.07) is 4.88. The summed E-state index contributed by atoms with van der Waals surface area (Å²) in [5.74, 6) is 1.83. The van der Waals surface area contributed by atoms with Crippen molar-refractivity contribution in [2.75, 3.05) is 0 Å². The molecule has 1 fully saturated rings. The number of hydrogen-bond acceptors (Lipinski definition) is 3. The van der Waals surface area contributed by atoms with E-state index in [-0.39, 0.29) is 0 Å². The predicted octanol–water partition coefficient (Wildman–Crippen LogP) is 4.26.